The van der Waals surface area contributed by atoms with E-state index >= 15 is 0 Å². The van der Waals surface area contributed by atoms with Crippen molar-refractivity contribution in [1.29, 1.82) is 0 Å². The molecule has 1 aliphatic rings. The van der Waals surface area contributed by atoms with Crippen molar-refractivity contribution in [3.8, 4) is 0 Å². The van der Waals surface area contributed by atoms with Gasteiger partial charge >= 0.3 is 0 Å². The van der Waals surface area contributed by atoms with Crippen LogP contribution in [0.25, 0.3) is 0 Å². The highest BCUT2D eigenvalue weighted by Gasteiger charge is 2.23. The van der Waals surface area contributed by atoms with Crippen molar-refractivity contribution in [3.05, 3.63) is 58.6 Å². The van der Waals surface area contributed by atoms with Crippen molar-refractivity contribution >= 4 is 33.2 Å². The summed E-state index contributed by atoms with van der Waals surface area (Å²) in [5.74, 6) is -0.124. The van der Waals surface area contributed by atoms with Gasteiger partial charge in [-0.25, -0.2) is 13.6 Å². The molecule has 0 saturated carbocycles. The Morgan fingerprint density at radius 1 is 1.31 bits per heavy atom. The zero-order valence-corrected chi connectivity index (χ0v) is 15.8. The van der Waals surface area contributed by atoms with E-state index < -0.39 is 10.0 Å². The first-order valence-electron chi connectivity index (χ1n) is 8.20. The maximum Gasteiger partial charge on any atom is 0.239 e. The zero-order valence-electron chi connectivity index (χ0n) is 14.3. The number of nitrogens with zero attached hydrogens (tertiary/aromatic N) is 1. The van der Waals surface area contributed by atoms with Gasteiger partial charge in [0.15, 0.2) is 0 Å². The zero-order chi connectivity index (χ0) is 18.9. The topological polar surface area (TPSA) is 92.5 Å². The molecule has 138 valence electrons. The van der Waals surface area contributed by atoms with E-state index in [2.05, 4.69) is 5.32 Å². The lowest BCUT2D eigenvalue weighted by Crippen LogP contribution is -2.37. The number of sulfonamides is 1. The number of hydrogen-bond acceptors (Lipinski definition) is 4. The van der Waals surface area contributed by atoms with E-state index in [0.717, 1.165) is 16.8 Å². The summed E-state index contributed by atoms with van der Waals surface area (Å²) >= 11 is 6.17. The fourth-order valence-corrected chi connectivity index (χ4v) is 4.02. The van der Waals surface area contributed by atoms with Crippen LogP contribution in [-0.4, -0.2) is 27.4 Å². The largest absolute Gasteiger partial charge is 0.362 e. The summed E-state index contributed by atoms with van der Waals surface area (Å²) in [6, 6.07) is 11.9. The number of nitrogens with two attached hydrogens (primary N) is 1. The molecule has 2 aromatic carbocycles. The smallest absolute Gasteiger partial charge is 0.239 e. The third-order valence-electron chi connectivity index (χ3n) is 4.45. The van der Waals surface area contributed by atoms with Crippen molar-refractivity contribution in [1.82, 2.24) is 5.32 Å². The maximum atomic E-state index is 12.4. The third-order valence-corrected chi connectivity index (χ3v) is 5.71. The summed E-state index contributed by atoms with van der Waals surface area (Å²) in [7, 11) is -3.73. The predicted octanol–water partition coefficient (Wildman–Crippen LogP) is 2.23. The first kappa shape index (κ1) is 18.7. The average molecular weight is 394 g/mol. The van der Waals surface area contributed by atoms with Crippen LogP contribution in [0.15, 0.2) is 47.4 Å². The third kappa shape index (κ3) is 4.00. The number of halogens is 1. The summed E-state index contributed by atoms with van der Waals surface area (Å²) in [5.41, 5.74) is 2.60. The lowest BCUT2D eigenvalue weighted by Gasteiger charge is -2.21. The Morgan fingerprint density at radius 2 is 2.04 bits per heavy atom. The molecule has 0 aromatic heterocycles. The summed E-state index contributed by atoms with van der Waals surface area (Å²) in [6.07, 6.45) is 0.673. The second-order valence-corrected chi connectivity index (χ2v) is 8.29. The average Bonchev–Trinajstić information content (AvgIpc) is 2.96. The fraction of sp³-hybridized carbons (Fsp3) is 0.278. The molecule has 0 saturated heterocycles. The molecule has 0 fully saturated rings. The monoisotopic (exact) mass is 393 g/mol. The number of primary sulfonamides is 1. The molecule has 0 aliphatic carbocycles. The molecule has 26 heavy (non-hydrogen) atoms. The van der Waals surface area contributed by atoms with Gasteiger partial charge in [-0.05, 0) is 48.7 Å². The minimum atomic E-state index is -3.73. The van der Waals surface area contributed by atoms with Gasteiger partial charge in [-0.2, -0.15) is 0 Å². The van der Waals surface area contributed by atoms with E-state index in [1.165, 1.54) is 6.07 Å². The van der Waals surface area contributed by atoms with Crippen LogP contribution in [0, 0.1) is 0 Å². The second-order valence-electron chi connectivity index (χ2n) is 6.32. The number of nitrogens with one attached hydrogen (secondary N) is 1. The lowest BCUT2D eigenvalue weighted by atomic mass is 10.1. The van der Waals surface area contributed by atoms with Gasteiger partial charge in [-0.1, -0.05) is 29.8 Å². The molecule has 1 atom stereocenters. The molecule has 1 amide bonds. The molecule has 0 bridgehead atoms. The Balaban J connectivity index is 1.68. The van der Waals surface area contributed by atoms with Crippen LogP contribution in [0.3, 0.4) is 0 Å². The lowest BCUT2D eigenvalue weighted by molar-refractivity contribution is -0.120. The molecule has 0 spiro atoms. The van der Waals surface area contributed by atoms with Crippen LogP contribution in [0.2, 0.25) is 5.02 Å². The highest BCUT2D eigenvalue weighted by molar-refractivity contribution is 7.89. The van der Waals surface area contributed by atoms with E-state index in [1.54, 1.807) is 18.2 Å². The van der Waals surface area contributed by atoms with Gasteiger partial charge in [-0.3, -0.25) is 4.79 Å². The first-order valence-corrected chi connectivity index (χ1v) is 10.1. The normalized spacial score (nSPS) is 14.8. The molecule has 1 unspecified atom stereocenters. The van der Waals surface area contributed by atoms with Crippen molar-refractivity contribution in [2.24, 2.45) is 5.14 Å². The van der Waals surface area contributed by atoms with Crippen molar-refractivity contribution in [2.45, 2.75) is 24.3 Å². The van der Waals surface area contributed by atoms with Gasteiger partial charge in [0, 0.05) is 17.3 Å². The Labute approximate surface area is 158 Å². The summed E-state index contributed by atoms with van der Waals surface area (Å²) in [6.45, 7) is 2.73. The van der Waals surface area contributed by atoms with Crippen LogP contribution < -0.4 is 15.4 Å². The molecule has 8 heteroatoms. The summed E-state index contributed by atoms with van der Waals surface area (Å²) in [5, 5.41) is 8.73. The summed E-state index contributed by atoms with van der Waals surface area (Å²) < 4.78 is 22.9. The number of carbonyl (C=O) groups is 1. The van der Waals surface area contributed by atoms with Crippen LogP contribution in [0.4, 0.5) is 5.69 Å². The molecule has 1 heterocycles. The Kier molecular flexibility index (Phi) is 5.22. The number of hydrogen-bond donors (Lipinski definition) is 2. The van der Waals surface area contributed by atoms with Crippen LogP contribution in [0.1, 0.15) is 24.1 Å². The van der Waals surface area contributed by atoms with Gasteiger partial charge in [0.2, 0.25) is 15.9 Å². The molecule has 2 aromatic rings. The fourth-order valence-electron chi connectivity index (χ4n) is 3.15. The standard InChI is InChI=1S/C18H20ClN3O3S/c1-12(15-4-2-3-5-16(15)19)21-18(23)11-22-9-8-13-10-14(26(20,24)25)6-7-17(13)22/h2-7,10,12H,8-9,11H2,1H3,(H,21,23)(H2,20,24,25). The first-order chi connectivity index (χ1) is 12.3. The molecule has 0 radical (unpaired) electrons. The predicted molar refractivity (Wildman–Crippen MR) is 102 cm³/mol. The van der Waals surface area contributed by atoms with Gasteiger partial charge in [0.1, 0.15) is 0 Å². The van der Waals surface area contributed by atoms with E-state index in [-0.39, 0.29) is 23.4 Å². The van der Waals surface area contributed by atoms with E-state index in [0.29, 0.717) is 18.0 Å². The van der Waals surface area contributed by atoms with Crippen molar-refractivity contribution in [2.75, 3.05) is 18.0 Å². The Morgan fingerprint density at radius 3 is 2.73 bits per heavy atom. The summed E-state index contributed by atoms with van der Waals surface area (Å²) in [4.78, 5) is 14.4. The minimum Gasteiger partial charge on any atom is -0.362 e. The van der Waals surface area contributed by atoms with Crippen LogP contribution in [0.5, 0.6) is 0 Å². The van der Waals surface area contributed by atoms with Gasteiger partial charge < -0.3 is 10.2 Å². The number of fused-ring (bicyclic) bond motifs is 1. The molecule has 3 N–H and O–H groups in total. The minimum absolute atomic E-state index is 0.0925. The number of anilines is 1. The Hall–Kier alpha value is -2.09. The van der Waals surface area contributed by atoms with E-state index in [9.17, 15) is 13.2 Å². The maximum absolute atomic E-state index is 12.4. The van der Waals surface area contributed by atoms with Crippen LogP contribution in [-0.2, 0) is 21.2 Å². The number of rotatable bonds is 5. The van der Waals surface area contributed by atoms with E-state index in [1.807, 2.05) is 30.0 Å². The number of amides is 1. The SMILES string of the molecule is CC(NC(=O)CN1CCc2cc(S(N)(=O)=O)ccc21)c1ccccc1Cl. The van der Waals surface area contributed by atoms with Gasteiger partial charge in [0.05, 0.1) is 17.5 Å². The molecule has 6 nitrogen and oxygen atoms in total. The van der Waals surface area contributed by atoms with Crippen molar-refractivity contribution < 1.29 is 13.2 Å². The second kappa shape index (κ2) is 7.26. The number of benzene rings is 2. The molecular weight excluding hydrogens is 374 g/mol. The molecule has 1 aliphatic heterocycles. The Bertz CT molecular complexity index is 946. The highest BCUT2D eigenvalue weighted by Crippen LogP contribution is 2.30. The van der Waals surface area contributed by atoms with Gasteiger partial charge in [-0.15, -0.1) is 0 Å². The van der Waals surface area contributed by atoms with E-state index in [4.69, 9.17) is 16.7 Å². The highest BCUT2D eigenvalue weighted by atomic mass is 35.5. The quantitative estimate of drug-likeness (QED) is 0.814. The van der Waals surface area contributed by atoms with Gasteiger partial charge in [0.25, 0.3) is 0 Å². The van der Waals surface area contributed by atoms with Crippen LogP contribution >= 0.6 is 11.6 Å². The molecular formula is C18H20ClN3O3S. The van der Waals surface area contributed by atoms with Crippen molar-refractivity contribution in [3.63, 3.8) is 0 Å². The number of carbonyl (C=O) groups excluding carboxylic acids is 1. The molecule has 3 rings (SSSR count).